The molecule has 1 unspecified atom stereocenters. The number of hydrogen-bond acceptors (Lipinski definition) is 2. The second-order valence-electron chi connectivity index (χ2n) is 4.35. The lowest BCUT2D eigenvalue weighted by Crippen LogP contribution is -2.29. The standard InChI is InChI=1S/C11H20N2/c1-13(2)11(9-12)8-10-6-4-3-5-7-10/h10-11H,3-8H2,1-2H3. The van der Waals surface area contributed by atoms with Crippen LogP contribution in [0.5, 0.6) is 0 Å². The van der Waals surface area contributed by atoms with Gasteiger partial charge in [-0.05, 0) is 26.4 Å². The van der Waals surface area contributed by atoms with Crippen molar-refractivity contribution in [1.82, 2.24) is 4.90 Å². The van der Waals surface area contributed by atoms with E-state index in [0.717, 1.165) is 12.3 Å². The van der Waals surface area contributed by atoms with Gasteiger partial charge in [-0.3, -0.25) is 4.90 Å². The van der Waals surface area contributed by atoms with E-state index in [1.54, 1.807) is 0 Å². The molecule has 0 amide bonds. The molecule has 0 aromatic carbocycles. The zero-order chi connectivity index (χ0) is 9.68. The highest BCUT2D eigenvalue weighted by Gasteiger charge is 2.19. The number of nitrogens with zero attached hydrogens (tertiary/aromatic N) is 2. The summed E-state index contributed by atoms with van der Waals surface area (Å²) in [6, 6.07) is 2.50. The Hall–Kier alpha value is -0.550. The van der Waals surface area contributed by atoms with E-state index in [0.29, 0.717) is 0 Å². The first-order chi connectivity index (χ1) is 6.24. The fraction of sp³-hybridized carbons (Fsp3) is 0.909. The van der Waals surface area contributed by atoms with Gasteiger partial charge in [0, 0.05) is 0 Å². The number of rotatable bonds is 3. The number of hydrogen-bond donors (Lipinski definition) is 0. The molecule has 0 aromatic heterocycles. The van der Waals surface area contributed by atoms with Crippen molar-refractivity contribution in [3.05, 3.63) is 0 Å². The van der Waals surface area contributed by atoms with Gasteiger partial charge in [0.15, 0.2) is 0 Å². The van der Waals surface area contributed by atoms with Crippen molar-refractivity contribution < 1.29 is 0 Å². The zero-order valence-electron chi connectivity index (χ0n) is 8.79. The minimum Gasteiger partial charge on any atom is -0.294 e. The van der Waals surface area contributed by atoms with E-state index in [2.05, 4.69) is 6.07 Å². The van der Waals surface area contributed by atoms with E-state index >= 15 is 0 Å². The molecule has 0 heterocycles. The molecule has 0 N–H and O–H groups in total. The largest absolute Gasteiger partial charge is 0.294 e. The minimum atomic E-state index is 0.128. The van der Waals surface area contributed by atoms with Crippen LogP contribution in [0.15, 0.2) is 0 Å². The Kier molecular flexibility index (Phi) is 4.24. The summed E-state index contributed by atoms with van der Waals surface area (Å²) in [5, 5.41) is 8.94. The summed E-state index contributed by atoms with van der Waals surface area (Å²) in [6.07, 6.45) is 7.89. The quantitative estimate of drug-likeness (QED) is 0.667. The molecule has 1 saturated carbocycles. The normalized spacial score (nSPS) is 21.4. The maximum Gasteiger partial charge on any atom is 0.0975 e. The van der Waals surface area contributed by atoms with Gasteiger partial charge in [-0.2, -0.15) is 5.26 Å². The molecule has 1 atom stereocenters. The van der Waals surface area contributed by atoms with E-state index in [9.17, 15) is 0 Å². The second kappa shape index (κ2) is 5.24. The lowest BCUT2D eigenvalue weighted by atomic mass is 9.85. The Bertz CT molecular complexity index is 175. The van der Waals surface area contributed by atoms with Crippen LogP contribution in [0.2, 0.25) is 0 Å². The van der Waals surface area contributed by atoms with Gasteiger partial charge < -0.3 is 0 Å². The zero-order valence-corrected chi connectivity index (χ0v) is 8.79. The molecule has 74 valence electrons. The summed E-state index contributed by atoms with van der Waals surface area (Å²) >= 11 is 0. The second-order valence-corrected chi connectivity index (χ2v) is 4.35. The van der Waals surface area contributed by atoms with Crippen LogP contribution in [0, 0.1) is 17.2 Å². The topological polar surface area (TPSA) is 27.0 Å². The average Bonchev–Trinajstić information content (AvgIpc) is 2.15. The highest BCUT2D eigenvalue weighted by molar-refractivity contribution is 4.91. The third kappa shape index (κ3) is 3.36. The molecule has 1 aliphatic rings. The molecule has 13 heavy (non-hydrogen) atoms. The smallest absolute Gasteiger partial charge is 0.0975 e. The summed E-state index contributed by atoms with van der Waals surface area (Å²) < 4.78 is 0. The molecule has 0 radical (unpaired) electrons. The first kappa shape index (κ1) is 10.5. The Balaban J connectivity index is 2.32. The summed E-state index contributed by atoms with van der Waals surface area (Å²) in [6.45, 7) is 0. The average molecular weight is 180 g/mol. The van der Waals surface area contributed by atoms with Gasteiger partial charge in [0.2, 0.25) is 0 Å². The van der Waals surface area contributed by atoms with Gasteiger partial charge in [-0.25, -0.2) is 0 Å². The lowest BCUT2D eigenvalue weighted by Gasteiger charge is -2.26. The van der Waals surface area contributed by atoms with Crippen LogP contribution in [0.1, 0.15) is 38.5 Å². The third-order valence-electron chi connectivity index (χ3n) is 3.05. The van der Waals surface area contributed by atoms with Gasteiger partial charge in [0.1, 0.15) is 0 Å². The Morgan fingerprint density at radius 1 is 1.31 bits per heavy atom. The van der Waals surface area contributed by atoms with Crippen molar-refractivity contribution in [1.29, 1.82) is 5.26 Å². The fourth-order valence-electron chi connectivity index (χ4n) is 2.12. The van der Waals surface area contributed by atoms with E-state index in [4.69, 9.17) is 5.26 Å². The van der Waals surface area contributed by atoms with Crippen molar-refractivity contribution in [3.63, 3.8) is 0 Å². The monoisotopic (exact) mass is 180 g/mol. The van der Waals surface area contributed by atoms with Crippen LogP contribution < -0.4 is 0 Å². The molecule has 1 rings (SSSR count). The molecule has 0 spiro atoms. The van der Waals surface area contributed by atoms with Gasteiger partial charge in [-0.15, -0.1) is 0 Å². The van der Waals surface area contributed by atoms with Gasteiger partial charge >= 0.3 is 0 Å². The Morgan fingerprint density at radius 3 is 2.38 bits per heavy atom. The van der Waals surface area contributed by atoms with Gasteiger partial charge in [-0.1, -0.05) is 32.1 Å². The SMILES string of the molecule is CN(C)C(C#N)CC1CCCCC1. The Morgan fingerprint density at radius 2 is 1.92 bits per heavy atom. The van der Waals surface area contributed by atoms with Crippen LogP contribution >= 0.6 is 0 Å². The first-order valence-corrected chi connectivity index (χ1v) is 5.30. The molecular formula is C11H20N2. The summed E-state index contributed by atoms with van der Waals surface area (Å²) in [5.41, 5.74) is 0. The molecule has 0 bridgehead atoms. The van der Waals surface area contributed by atoms with Crippen LogP contribution in [-0.4, -0.2) is 25.0 Å². The van der Waals surface area contributed by atoms with E-state index in [-0.39, 0.29) is 6.04 Å². The van der Waals surface area contributed by atoms with E-state index in [1.807, 2.05) is 19.0 Å². The van der Waals surface area contributed by atoms with Crippen LogP contribution in [-0.2, 0) is 0 Å². The molecule has 0 aliphatic heterocycles. The summed E-state index contributed by atoms with van der Waals surface area (Å²) in [7, 11) is 3.99. The summed E-state index contributed by atoms with van der Waals surface area (Å²) in [4.78, 5) is 2.04. The molecule has 2 nitrogen and oxygen atoms in total. The third-order valence-corrected chi connectivity index (χ3v) is 3.05. The van der Waals surface area contributed by atoms with Gasteiger partial charge in [0.25, 0.3) is 0 Å². The predicted molar refractivity (Wildman–Crippen MR) is 54.3 cm³/mol. The highest BCUT2D eigenvalue weighted by Crippen LogP contribution is 2.27. The predicted octanol–water partition coefficient (Wildman–Crippen LogP) is 2.41. The van der Waals surface area contributed by atoms with Crippen molar-refractivity contribution in [2.75, 3.05) is 14.1 Å². The first-order valence-electron chi connectivity index (χ1n) is 5.30. The lowest BCUT2D eigenvalue weighted by molar-refractivity contribution is 0.253. The molecule has 0 saturated heterocycles. The van der Waals surface area contributed by atoms with Crippen molar-refractivity contribution in [2.45, 2.75) is 44.6 Å². The molecule has 1 aliphatic carbocycles. The number of nitriles is 1. The van der Waals surface area contributed by atoms with E-state index in [1.165, 1.54) is 32.1 Å². The van der Waals surface area contributed by atoms with Crippen molar-refractivity contribution >= 4 is 0 Å². The molecule has 1 fully saturated rings. The van der Waals surface area contributed by atoms with Gasteiger partial charge in [0.05, 0.1) is 12.1 Å². The van der Waals surface area contributed by atoms with Crippen LogP contribution in [0.4, 0.5) is 0 Å². The summed E-state index contributed by atoms with van der Waals surface area (Å²) in [5.74, 6) is 0.806. The van der Waals surface area contributed by atoms with Crippen molar-refractivity contribution in [3.8, 4) is 6.07 Å². The molecule has 0 aromatic rings. The molecular weight excluding hydrogens is 160 g/mol. The van der Waals surface area contributed by atoms with Crippen molar-refractivity contribution in [2.24, 2.45) is 5.92 Å². The highest BCUT2D eigenvalue weighted by atomic mass is 15.1. The Labute approximate surface area is 81.5 Å². The van der Waals surface area contributed by atoms with Crippen LogP contribution in [0.25, 0.3) is 0 Å². The van der Waals surface area contributed by atoms with Crippen LogP contribution in [0.3, 0.4) is 0 Å². The maximum absolute atomic E-state index is 8.94. The van der Waals surface area contributed by atoms with E-state index < -0.39 is 0 Å². The maximum atomic E-state index is 8.94. The fourth-order valence-corrected chi connectivity index (χ4v) is 2.12. The minimum absolute atomic E-state index is 0.128. The molecule has 2 heteroatoms.